The molecule has 0 aromatic heterocycles. The number of rotatable bonds is 6. The van der Waals surface area contributed by atoms with Crippen molar-refractivity contribution in [1.29, 1.82) is 0 Å². The Morgan fingerprint density at radius 2 is 1.90 bits per heavy atom. The van der Waals surface area contributed by atoms with E-state index in [0.717, 1.165) is 13.1 Å². The molecule has 0 unspecified atom stereocenters. The zero-order valence-electron chi connectivity index (χ0n) is 11.2. The van der Waals surface area contributed by atoms with E-state index < -0.39 is 4.92 Å². The summed E-state index contributed by atoms with van der Waals surface area (Å²) in [5, 5.41) is 13.9. The number of hydrogen-bond donors (Lipinski definition) is 1. The second-order valence-electron chi connectivity index (χ2n) is 4.28. The lowest BCUT2D eigenvalue weighted by Crippen LogP contribution is -2.11. The van der Waals surface area contributed by atoms with Gasteiger partial charge in [-0.1, -0.05) is 25.1 Å². The molecule has 1 N–H and O–H groups in total. The molecule has 2 rings (SSSR count). The zero-order valence-corrected chi connectivity index (χ0v) is 11.2. The Morgan fingerprint density at radius 1 is 1.15 bits per heavy atom. The average molecular weight is 272 g/mol. The summed E-state index contributed by atoms with van der Waals surface area (Å²) in [6.07, 6.45) is 0. The van der Waals surface area contributed by atoms with Crippen LogP contribution in [0.3, 0.4) is 0 Å². The van der Waals surface area contributed by atoms with Crippen LogP contribution in [-0.2, 0) is 6.54 Å². The fraction of sp³-hybridized carbons (Fsp3) is 0.200. The van der Waals surface area contributed by atoms with Crippen LogP contribution in [0.5, 0.6) is 11.5 Å². The molecule has 0 amide bonds. The highest BCUT2D eigenvalue weighted by atomic mass is 16.6. The minimum absolute atomic E-state index is 0.0197. The first-order valence-corrected chi connectivity index (χ1v) is 6.41. The number of nitrogens with one attached hydrogen (secondary N) is 1. The van der Waals surface area contributed by atoms with Crippen LogP contribution in [0, 0.1) is 10.1 Å². The van der Waals surface area contributed by atoms with E-state index in [2.05, 4.69) is 12.2 Å². The van der Waals surface area contributed by atoms with Gasteiger partial charge in [0.2, 0.25) is 0 Å². The summed E-state index contributed by atoms with van der Waals surface area (Å²) >= 11 is 0. The molecule has 104 valence electrons. The molecule has 0 atom stereocenters. The number of non-ortho nitro benzene ring substituents is 1. The third-order valence-electron chi connectivity index (χ3n) is 2.77. The first-order valence-electron chi connectivity index (χ1n) is 6.41. The van der Waals surface area contributed by atoms with Gasteiger partial charge in [0.25, 0.3) is 5.69 Å². The van der Waals surface area contributed by atoms with Gasteiger partial charge in [-0.25, -0.2) is 0 Å². The minimum atomic E-state index is -0.438. The van der Waals surface area contributed by atoms with Gasteiger partial charge in [-0.15, -0.1) is 0 Å². The van der Waals surface area contributed by atoms with Crippen molar-refractivity contribution in [2.45, 2.75) is 13.5 Å². The van der Waals surface area contributed by atoms with Crippen molar-refractivity contribution in [2.24, 2.45) is 0 Å². The number of hydrogen-bond acceptors (Lipinski definition) is 4. The van der Waals surface area contributed by atoms with Crippen molar-refractivity contribution in [3.63, 3.8) is 0 Å². The van der Waals surface area contributed by atoms with E-state index in [4.69, 9.17) is 4.74 Å². The Balaban J connectivity index is 2.06. The second-order valence-corrected chi connectivity index (χ2v) is 4.28. The molecule has 0 bridgehead atoms. The molecule has 0 saturated heterocycles. The smallest absolute Gasteiger partial charge is 0.273 e. The van der Waals surface area contributed by atoms with Crippen molar-refractivity contribution < 1.29 is 9.66 Å². The maximum absolute atomic E-state index is 10.7. The molecule has 2 aromatic rings. The summed E-state index contributed by atoms with van der Waals surface area (Å²) in [5.74, 6) is 1.12. The van der Waals surface area contributed by atoms with Crippen LogP contribution in [0.2, 0.25) is 0 Å². The molecule has 0 radical (unpaired) electrons. The van der Waals surface area contributed by atoms with Crippen molar-refractivity contribution in [3.05, 3.63) is 64.2 Å². The van der Waals surface area contributed by atoms with Crippen LogP contribution < -0.4 is 10.1 Å². The van der Waals surface area contributed by atoms with E-state index in [1.54, 1.807) is 12.1 Å². The maximum atomic E-state index is 10.7. The normalized spacial score (nSPS) is 10.2. The third-order valence-corrected chi connectivity index (χ3v) is 2.77. The summed E-state index contributed by atoms with van der Waals surface area (Å²) in [6.45, 7) is 3.79. The van der Waals surface area contributed by atoms with E-state index in [1.165, 1.54) is 17.7 Å². The van der Waals surface area contributed by atoms with Crippen molar-refractivity contribution >= 4 is 5.69 Å². The number of nitrogens with zero attached hydrogens (tertiary/aromatic N) is 1. The van der Waals surface area contributed by atoms with Gasteiger partial charge in [-0.05, 0) is 30.3 Å². The molecule has 0 spiro atoms. The summed E-state index contributed by atoms with van der Waals surface area (Å²) < 4.78 is 5.60. The molecular weight excluding hydrogens is 256 g/mol. The zero-order chi connectivity index (χ0) is 14.4. The van der Waals surface area contributed by atoms with Crippen LogP contribution in [0.1, 0.15) is 12.5 Å². The highest BCUT2D eigenvalue weighted by Crippen LogP contribution is 2.25. The fourth-order valence-corrected chi connectivity index (χ4v) is 1.74. The SMILES string of the molecule is CCNCc1ccc(Oc2cccc([N+](=O)[O-])c2)cc1. The molecule has 0 fully saturated rings. The van der Waals surface area contributed by atoms with E-state index in [-0.39, 0.29) is 5.69 Å². The predicted molar refractivity (Wildman–Crippen MR) is 77.0 cm³/mol. The van der Waals surface area contributed by atoms with Gasteiger partial charge < -0.3 is 10.1 Å². The molecule has 0 saturated carbocycles. The second kappa shape index (κ2) is 6.68. The lowest BCUT2D eigenvalue weighted by atomic mass is 10.2. The van der Waals surface area contributed by atoms with Crippen molar-refractivity contribution in [2.75, 3.05) is 6.54 Å². The highest BCUT2D eigenvalue weighted by Gasteiger charge is 2.06. The highest BCUT2D eigenvalue weighted by molar-refractivity contribution is 5.40. The molecule has 2 aromatic carbocycles. The number of nitro benzene ring substituents is 1. The summed E-state index contributed by atoms with van der Waals surface area (Å²) in [5.41, 5.74) is 1.18. The van der Waals surface area contributed by atoms with E-state index in [9.17, 15) is 10.1 Å². The van der Waals surface area contributed by atoms with Gasteiger partial charge >= 0.3 is 0 Å². The Labute approximate surface area is 117 Å². The van der Waals surface area contributed by atoms with Gasteiger partial charge in [0, 0.05) is 12.6 Å². The van der Waals surface area contributed by atoms with Crippen LogP contribution >= 0.6 is 0 Å². The third kappa shape index (κ3) is 3.80. The van der Waals surface area contributed by atoms with Crippen LogP contribution in [0.4, 0.5) is 5.69 Å². The van der Waals surface area contributed by atoms with E-state index >= 15 is 0 Å². The predicted octanol–water partition coefficient (Wildman–Crippen LogP) is 3.50. The topological polar surface area (TPSA) is 64.4 Å². The number of ether oxygens (including phenoxy) is 1. The number of nitro groups is 1. The molecule has 0 aliphatic rings. The first kappa shape index (κ1) is 14.0. The molecular formula is C15H16N2O3. The molecule has 20 heavy (non-hydrogen) atoms. The Morgan fingerprint density at radius 3 is 2.55 bits per heavy atom. The van der Waals surface area contributed by atoms with E-state index in [0.29, 0.717) is 11.5 Å². The van der Waals surface area contributed by atoms with Gasteiger partial charge in [0.15, 0.2) is 0 Å². The van der Waals surface area contributed by atoms with Crippen LogP contribution in [0.25, 0.3) is 0 Å². The van der Waals surface area contributed by atoms with Crippen LogP contribution in [-0.4, -0.2) is 11.5 Å². The monoisotopic (exact) mass is 272 g/mol. The fourth-order valence-electron chi connectivity index (χ4n) is 1.74. The standard InChI is InChI=1S/C15H16N2O3/c1-2-16-11-12-6-8-14(9-7-12)20-15-5-3-4-13(10-15)17(18)19/h3-10,16H,2,11H2,1H3. The number of benzene rings is 2. The quantitative estimate of drug-likeness (QED) is 0.645. The average Bonchev–Trinajstić information content (AvgIpc) is 2.47. The van der Waals surface area contributed by atoms with Crippen LogP contribution in [0.15, 0.2) is 48.5 Å². The van der Waals surface area contributed by atoms with Gasteiger partial charge in [0.05, 0.1) is 11.0 Å². The lowest BCUT2D eigenvalue weighted by Gasteiger charge is -2.07. The Kier molecular flexibility index (Phi) is 4.68. The molecule has 5 heteroatoms. The summed E-state index contributed by atoms with van der Waals surface area (Å²) in [6, 6.07) is 13.8. The lowest BCUT2D eigenvalue weighted by molar-refractivity contribution is -0.384. The largest absolute Gasteiger partial charge is 0.457 e. The van der Waals surface area contributed by atoms with Crippen molar-refractivity contribution in [3.8, 4) is 11.5 Å². The Bertz CT molecular complexity index is 582. The molecule has 0 aliphatic heterocycles. The molecule has 0 aliphatic carbocycles. The minimum Gasteiger partial charge on any atom is -0.457 e. The summed E-state index contributed by atoms with van der Waals surface area (Å²) in [4.78, 5) is 10.3. The summed E-state index contributed by atoms with van der Waals surface area (Å²) in [7, 11) is 0. The molecule has 5 nitrogen and oxygen atoms in total. The Hall–Kier alpha value is -2.40. The van der Waals surface area contributed by atoms with Gasteiger partial charge in [0.1, 0.15) is 11.5 Å². The van der Waals surface area contributed by atoms with Gasteiger partial charge in [-0.2, -0.15) is 0 Å². The van der Waals surface area contributed by atoms with Crippen molar-refractivity contribution in [1.82, 2.24) is 5.32 Å². The molecule has 0 heterocycles. The van der Waals surface area contributed by atoms with E-state index in [1.807, 2.05) is 24.3 Å². The first-order chi connectivity index (χ1) is 9.69. The van der Waals surface area contributed by atoms with Gasteiger partial charge in [-0.3, -0.25) is 10.1 Å². The maximum Gasteiger partial charge on any atom is 0.273 e.